The average molecular weight is 333 g/mol. The molecular formula is C18H27N3O3. The Hall–Kier alpha value is -1.95. The van der Waals surface area contributed by atoms with Crippen molar-refractivity contribution in [1.82, 2.24) is 14.8 Å². The van der Waals surface area contributed by atoms with Crippen molar-refractivity contribution in [3.63, 3.8) is 0 Å². The van der Waals surface area contributed by atoms with Gasteiger partial charge in [-0.3, -0.25) is 14.6 Å². The second-order valence-electron chi connectivity index (χ2n) is 6.53. The van der Waals surface area contributed by atoms with E-state index < -0.39 is 5.54 Å². The van der Waals surface area contributed by atoms with E-state index in [4.69, 9.17) is 4.74 Å². The van der Waals surface area contributed by atoms with Gasteiger partial charge in [0.05, 0.1) is 0 Å². The van der Waals surface area contributed by atoms with Crippen LogP contribution in [0.1, 0.15) is 31.2 Å². The molecule has 1 saturated heterocycles. The highest BCUT2D eigenvalue weighted by molar-refractivity contribution is 5.92. The molecule has 0 saturated carbocycles. The van der Waals surface area contributed by atoms with Crippen molar-refractivity contribution < 1.29 is 14.3 Å². The van der Waals surface area contributed by atoms with E-state index in [1.54, 1.807) is 30.1 Å². The monoisotopic (exact) mass is 333 g/mol. The van der Waals surface area contributed by atoms with Crippen LogP contribution in [0.3, 0.4) is 0 Å². The van der Waals surface area contributed by atoms with Crippen LogP contribution in [0.4, 0.5) is 0 Å². The minimum atomic E-state index is -0.735. The van der Waals surface area contributed by atoms with E-state index in [0.29, 0.717) is 19.4 Å². The molecule has 1 atom stereocenters. The Morgan fingerprint density at radius 2 is 2.21 bits per heavy atom. The summed E-state index contributed by atoms with van der Waals surface area (Å²) in [5.41, 5.74) is 0.416. The van der Waals surface area contributed by atoms with E-state index in [1.807, 2.05) is 18.3 Å². The van der Waals surface area contributed by atoms with Crippen molar-refractivity contribution in [2.24, 2.45) is 0 Å². The fraction of sp³-hybridized carbons (Fsp3) is 0.611. The molecule has 24 heavy (non-hydrogen) atoms. The zero-order valence-corrected chi connectivity index (χ0v) is 14.8. The smallest absolute Gasteiger partial charge is 0.249 e. The van der Waals surface area contributed by atoms with Crippen molar-refractivity contribution in [3.05, 3.63) is 30.1 Å². The molecule has 2 rings (SSSR count). The first-order chi connectivity index (χ1) is 11.5. The van der Waals surface area contributed by atoms with Gasteiger partial charge >= 0.3 is 0 Å². The highest BCUT2D eigenvalue weighted by Gasteiger charge is 2.49. The largest absolute Gasteiger partial charge is 0.375 e. The van der Waals surface area contributed by atoms with Crippen molar-refractivity contribution in [3.8, 4) is 0 Å². The summed E-state index contributed by atoms with van der Waals surface area (Å²) in [6, 6.07) is 3.95. The van der Waals surface area contributed by atoms with E-state index >= 15 is 0 Å². The molecular weight excluding hydrogens is 306 g/mol. The Morgan fingerprint density at radius 3 is 2.83 bits per heavy atom. The zero-order chi connectivity index (χ0) is 17.6. The molecule has 0 aromatic carbocycles. The van der Waals surface area contributed by atoms with Crippen molar-refractivity contribution in [2.75, 3.05) is 34.4 Å². The van der Waals surface area contributed by atoms with Crippen molar-refractivity contribution in [2.45, 2.75) is 37.6 Å². The van der Waals surface area contributed by atoms with E-state index in [9.17, 15) is 9.59 Å². The molecule has 1 aromatic heterocycles. The minimum Gasteiger partial charge on any atom is -0.375 e. The first kappa shape index (κ1) is 18.4. The van der Waals surface area contributed by atoms with Crippen LogP contribution in [-0.4, -0.2) is 66.5 Å². The average Bonchev–Trinajstić information content (AvgIpc) is 3.00. The van der Waals surface area contributed by atoms with E-state index in [2.05, 4.69) is 4.98 Å². The Balaban J connectivity index is 2.14. The number of carbonyl (C=O) groups excluding carboxylic acids is 2. The maximum atomic E-state index is 12.9. The quantitative estimate of drug-likeness (QED) is 0.759. The fourth-order valence-corrected chi connectivity index (χ4v) is 3.58. The second-order valence-corrected chi connectivity index (χ2v) is 6.53. The predicted molar refractivity (Wildman–Crippen MR) is 91.4 cm³/mol. The highest BCUT2D eigenvalue weighted by atomic mass is 16.5. The molecule has 6 nitrogen and oxygen atoms in total. The first-order valence-corrected chi connectivity index (χ1v) is 8.41. The summed E-state index contributed by atoms with van der Waals surface area (Å²) >= 11 is 0. The van der Waals surface area contributed by atoms with Crippen LogP contribution < -0.4 is 0 Å². The lowest BCUT2D eigenvalue weighted by atomic mass is 9.87. The molecule has 1 fully saturated rings. The molecule has 1 aromatic rings. The van der Waals surface area contributed by atoms with E-state index in [-0.39, 0.29) is 18.4 Å². The highest BCUT2D eigenvalue weighted by Crippen LogP contribution is 2.35. The van der Waals surface area contributed by atoms with Crippen LogP contribution in [0.15, 0.2) is 24.5 Å². The summed E-state index contributed by atoms with van der Waals surface area (Å²) in [4.78, 5) is 32.8. The molecule has 132 valence electrons. The third-order valence-electron chi connectivity index (χ3n) is 4.64. The van der Waals surface area contributed by atoms with Gasteiger partial charge in [0.25, 0.3) is 0 Å². The third kappa shape index (κ3) is 3.93. The van der Waals surface area contributed by atoms with Gasteiger partial charge in [-0.1, -0.05) is 6.07 Å². The topological polar surface area (TPSA) is 62.7 Å². The lowest BCUT2D eigenvalue weighted by Gasteiger charge is -2.39. The molecule has 0 spiro atoms. The summed E-state index contributed by atoms with van der Waals surface area (Å²) in [6.45, 7) is 0.639. The number of aryl methyl sites for hydroxylation is 1. The SMILES string of the molecule is COCC(=O)N1CCC[C@]1(CCCc1cccnc1)C(=O)N(C)C. The molecule has 0 radical (unpaired) electrons. The van der Waals surface area contributed by atoms with Crippen molar-refractivity contribution >= 4 is 11.8 Å². The van der Waals surface area contributed by atoms with Gasteiger partial charge < -0.3 is 14.5 Å². The van der Waals surface area contributed by atoms with Crippen LogP contribution >= 0.6 is 0 Å². The Labute approximate surface area is 143 Å². The van der Waals surface area contributed by atoms with Gasteiger partial charge in [0.2, 0.25) is 11.8 Å². The predicted octanol–water partition coefficient (Wildman–Crippen LogP) is 1.50. The van der Waals surface area contributed by atoms with Crippen molar-refractivity contribution in [1.29, 1.82) is 0 Å². The third-order valence-corrected chi connectivity index (χ3v) is 4.64. The zero-order valence-electron chi connectivity index (χ0n) is 14.8. The first-order valence-electron chi connectivity index (χ1n) is 8.41. The molecule has 0 unspecified atom stereocenters. The van der Waals surface area contributed by atoms with Crippen LogP contribution in [0.2, 0.25) is 0 Å². The fourth-order valence-electron chi connectivity index (χ4n) is 3.58. The van der Waals surface area contributed by atoms with Gasteiger partial charge in [0.15, 0.2) is 0 Å². The Morgan fingerprint density at radius 1 is 1.42 bits per heavy atom. The van der Waals surface area contributed by atoms with E-state index in [1.165, 1.54) is 7.11 Å². The number of hydrogen-bond acceptors (Lipinski definition) is 4. The van der Waals surface area contributed by atoms with Crippen LogP contribution in [-0.2, 0) is 20.7 Å². The minimum absolute atomic E-state index is 0.00985. The molecule has 0 aliphatic carbocycles. The second kappa shape index (κ2) is 8.24. The number of methoxy groups -OCH3 is 1. The number of aromatic nitrogens is 1. The standard InChI is InChI=1S/C18H27N3O3/c1-20(2)17(23)18(9-4-7-15-8-5-11-19-13-15)10-6-12-21(18)16(22)14-24-3/h5,8,11,13H,4,6-7,9-10,12,14H2,1-3H3/t18-/m1/s1. The summed E-state index contributed by atoms with van der Waals surface area (Å²) in [5.74, 6) is -0.0952. The Bertz CT molecular complexity index is 562. The number of rotatable bonds is 7. The van der Waals surface area contributed by atoms with E-state index in [0.717, 1.165) is 24.8 Å². The normalized spacial score (nSPS) is 20.2. The number of likely N-dealkylation sites (N-methyl/N-ethyl adjacent to an activating group) is 1. The summed E-state index contributed by atoms with van der Waals surface area (Å²) < 4.78 is 5.00. The number of amides is 2. The molecule has 2 heterocycles. The molecule has 1 aliphatic rings. The molecule has 6 heteroatoms. The number of likely N-dealkylation sites (tertiary alicyclic amines) is 1. The Kier molecular flexibility index (Phi) is 6.31. The lowest BCUT2D eigenvalue weighted by molar-refractivity contribution is -0.152. The number of carbonyl (C=O) groups is 2. The van der Waals surface area contributed by atoms with Gasteiger partial charge in [-0.25, -0.2) is 0 Å². The van der Waals surface area contributed by atoms with Gasteiger partial charge in [0, 0.05) is 40.1 Å². The maximum Gasteiger partial charge on any atom is 0.249 e. The number of pyridine rings is 1. The maximum absolute atomic E-state index is 12.9. The summed E-state index contributed by atoms with van der Waals surface area (Å²) in [5, 5.41) is 0. The van der Waals surface area contributed by atoms with Crippen LogP contribution in [0.5, 0.6) is 0 Å². The van der Waals surface area contributed by atoms with Gasteiger partial charge in [-0.2, -0.15) is 0 Å². The summed E-state index contributed by atoms with van der Waals surface area (Å²) in [6.07, 6.45) is 7.51. The number of nitrogens with zero attached hydrogens (tertiary/aromatic N) is 3. The van der Waals surface area contributed by atoms with Gasteiger partial charge in [-0.15, -0.1) is 0 Å². The number of ether oxygens (including phenoxy) is 1. The van der Waals surface area contributed by atoms with Crippen LogP contribution in [0, 0.1) is 0 Å². The summed E-state index contributed by atoms with van der Waals surface area (Å²) in [7, 11) is 5.01. The van der Waals surface area contributed by atoms with Gasteiger partial charge in [-0.05, 0) is 43.7 Å². The molecule has 2 amide bonds. The lowest BCUT2D eigenvalue weighted by Crippen LogP contribution is -2.57. The van der Waals surface area contributed by atoms with Crippen LogP contribution in [0.25, 0.3) is 0 Å². The number of hydrogen-bond donors (Lipinski definition) is 0. The molecule has 0 N–H and O–H groups in total. The molecule has 0 bridgehead atoms. The molecule has 1 aliphatic heterocycles. The van der Waals surface area contributed by atoms with Gasteiger partial charge in [0.1, 0.15) is 12.1 Å².